The topological polar surface area (TPSA) is 60.9 Å². The van der Waals surface area contributed by atoms with E-state index < -0.39 is 11.5 Å². The van der Waals surface area contributed by atoms with Crippen molar-refractivity contribution in [3.8, 4) is 0 Å². The average molecular weight is 242 g/mol. The highest BCUT2D eigenvalue weighted by molar-refractivity contribution is 5.81. The number of rotatable bonds is 2. The zero-order valence-electron chi connectivity index (χ0n) is 11.1. The first-order valence-electron chi connectivity index (χ1n) is 6.03. The number of hydrogen-bond donors (Lipinski definition) is 1. The molecule has 0 bridgehead atoms. The summed E-state index contributed by atoms with van der Waals surface area (Å²) in [6.45, 7) is 8.06. The highest BCUT2D eigenvalue weighted by Crippen LogP contribution is 2.22. The molecule has 0 spiro atoms. The lowest BCUT2D eigenvalue weighted by molar-refractivity contribution is -0.138. The summed E-state index contributed by atoms with van der Waals surface area (Å²) in [5.74, 6) is -0.972. The number of carbonyl (C=O) groups excluding carboxylic acids is 1. The summed E-state index contributed by atoms with van der Waals surface area (Å²) in [4.78, 5) is 26.4. The Labute approximate surface area is 102 Å². The van der Waals surface area contributed by atoms with Crippen LogP contribution in [0.1, 0.15) is 40.5 Å². The van der Waals surface area contributed by atoms with Crippen LogP contribution in [0.5, 0.6) is 0 Å². The molecule has 1 aliphatic rings. The standard InChI is InChI=1S/C12H22N2O3/c1-9-6-5-7-13(9)11(17)14(8-10(15)16)12(2,3)4/h9H,5-8H2,1-4H3,(H,15,16). The van der Waals surface area contributed by atoms with Gasteiger partial charge in [0.05, 0.1) is 0 Å². The molecule has 0 radical (unpaired) electrons. The SMILES string of the molecule is CC1CCCN1C(=O)N(CC(=O)O)C(C)(C)C. The number of hydrogen-bond acceptors (Lipinski definition) is 2. The summed E-state index contributed by atoms with van der Waals surface area (Å²) < 4.78 is 0. The Kier molecular flexibility index (Phi) is 4.01. The number of aliphatic carboxylic acids is 1. The van der Waals surface area contributed by atoms with E-state index >= 15 is 0 Å². The average Bonchev–Trinajstić information content (AvgIpc) is 2.58. The zero-order valence-corrected chi connectivity index (χ0v) is 11.1. The van der Waals surface area contributed by atoms with E-state index in [1.165, 1.54) is 4.90 Å². The van der Waals surface area contributed by atoms with E-state index in [-0.39, 0.29) is 18.6 Å². The number of urea groups is 1. The molecule has 0 aliphatic carbocycles. The van der Waals surface area contributed by atoms with Gasteiger partial charge in [0.25, 0.3) is 0 Å². The normalized spacial score (nSPS) is 20.5. The summed E-state index contributed by atoms with van der Waals surface area (Å²) in [7, 11) is 0. The molecule has 98 valence electrons. The maximum Gasteiger partial charge on any atom is 0.323 e. The minimum Gasteiger partial charge on any atom is -0.480 e. The van der Waals surface area contributed by atoms with Crippen LogP contribution in [0, 0.1) is 0 Å². The van der Waals surface area contributed by atoms with Crippen molar-refractivity contribution in [2.45, 2.75) is 52.1 Å². The number of nitrogens with zero attached hydrogens (tertiary/aromatic N) is 2. The fourth-order valence-corrected chi connectivity index (χ4v) is 2.10. The van der Waals surface area contributed by atoms with E-state index in [1.807, 2.05) is 27.7 Å². The third kappa shape index (κ3) is 3.35. The minimum absolute atomic E-state index is 0.162. The van der Waals surface area contributed by atoms with Gasteiger partial charge < -0.3 is 14.9 Å². The van der Waals surface area contributed by atoms with Gasteiger partial charge in [-0.25, -0.2) is 4.79 Å². The van der Waals surface area contributed by atoms with E-state index in [2.05, 4.69) is 0 Å². The van der Waals surface area contributed by atoms with Crippen LogP contribution in [0.25, 0.3) is 0 Å². The Hall–Kier alpha value is -1.26. The third-order valence-corrected chi connectivity index (χ3v) is 3.13. The second-order valence-corrected chi connectivity index (χ2v) is 5.62. The van der Waals surface area contributed by atoms with Gasteiger partial charge in [-0.3, -0.25) is 4.79 Å². The Balaban J connectivity index is 2.83. The number of carbonyl (C=O) groups is 2. The van der Waals surface area contributed by atoms with Crippen LogP contribution in [0.2, 0.25) is 0 Å². The van der Waals surface area contributed by atoms with Gasteiger partial charge in [-0.15, -0.1) is 0 Å². The van der Waals surface area contributed by atoms with Crippen molar-refractivity contribution < 1.29 is 14.7 Å². The molecule has 1 heterocycles. The smallest absolute Gasteiger partial charge is 0.323 e. The Morgan fingerprint density at radius 2 is 2.00 bits per heavy atom. The predicted octanol–water partition coefficient (Wildman–Crippen LogP) is 1.78. The molecule has 1 unspecified atom stereocenters. The molecular weight excluding hydrogens is 220 g/mol. The monoisotopic (exact) mass is 242 g/mol. The number of carboxylic acid groups (broad SMARTS) is 1. The molecule has 1 saturated heterocycles. The molecule has 1 aliphatic heterocycles. The molecule has 1 fully saturated rings. The van der Waals surface area contributed by atoms with Crippen LogP contribution in [0.15, 0.2) is 0 Å². The summed E-state index contributed by atoms with van der Waals surface area (Å²) in [5.41, 5.74) is -0.474. The summed E-state index contributed by atoms with van der Waals surface area (Å²) in [5, 5.41) is 8.89. The fourth-order valence-electron chi connectivity index (χ4n) is 2.10. The van der Waals surface area contributed by atoms with Gasteiger partial charge in [0.15, 0.2) is 0 Å². The predicted molar refractivity (Wildman–Crippen MR) is 64.9 cm³/mol. The van der Waals surface area contributed by atoms with Crippen LogP contribution in [0.4, 0.5) is 4.79 Å². The second kappa shape index (κ2) is 4.94. The van der Waals surface area contributed by atoms with Gasteiger partial charge in [0.2, 0.25) is 0 Å². The maximum atomic E-state index is 12.3. The molecule has 0 aromatic carbocycles. The van der Waals surface area contributed by atoms with Crippen LogP contribution in [-0.2, 0) is 4.79 Å². The van der Waals surface area contributed by atoms with Crippen LogP contribution in [0.3, 0.4) is 0 Å². The van der Waals surface area contributed by atoms with Gasteiger partial charge in [-0.05, 0) is 40.5 Å². The van der Waals surface area contributed by atoms with Crippen LogP contribution in [-0.4, -0.2) is 51.6 Å². The third-order valence-electron chi connectivity index (χ3n) is 3.13. The molecule has 0 aromatic rings. The van der Waals surface area contributed by atoms with Crippen molar-refractivity contribution in [3.63, 3.8) is 0 Å². The molecule has 0 saturated carbocycles. The first-order valence-corrected chi connectivity index (χ1v) is 6.03. The Morgan fingerprint density at radius 3 is 2.35 bits per heavy atom. The van der Waals surface area contributed by atoms with Crippen molar-refractivity contribution in [2.24, 2.45) is 0 Å². The lowest BCUT2D eigenvalue weighted by atomic mass is 10.1. The molecular formula is C12H22N2O3. The van der Waals surface area contributed by atoms with Crippen molar-refractivity contribution >= 4 is 12.0 Å². The lowest BCUT2D eigenvalue weighted by Crippen LogP contribution is -2.54. The molecule has 17 heavy (non-hydrogen) atoms. The van der Waals surface area contributed by atoms with Gasteiger partial charge in [-0.1, -0.05) is 0 Å². The summed E-state index contributed by atoms with van der Waals surface area (Å²) in [6, 6.07) is 0.0473. The maximum absolute atomic E-state index is 12.3. The molecule has 2 amide bonds. The summed E-state index contributed by atoms with van der Waals surface area (Å²) >= 11 is 0. The van der Waals surface area contributed by atoms with Crippen LogP contribution >= 0.6 is 0 Å². The van der Waals surface area contributed by atoms with E-state index in [1.54, 1.807) is 4.90 Å². The van der Waals surface area contributed by atoms with Crippen molar-refractivity contribution in [2.75, 3.05) is 13.1 Å². The number of amides is 2. The molecule has 1 atom stereocenters. The first-order chi connectivity index (χ1) is 7.73. The molecule has 5 heteroatoms. The van der Waals surface area contributed by atoms with Crippen molar-refractivity contribution in [3.05, 3.63) is 0 Å². The van der Waals surface area contributed by atoms with Crippen molar-refractivity contribution in [1.82, 2.24) is 9.80 Å². The Morgan fingerprint density at radius 1 is 1.41 bits per heavy atom. The van der Waals surface area contributed by atoms with E-state index in [4.69, 9.17) is 5.11 Å². The van der Waals surface area contributed by atoms with Gasteiger partial charge in [-0.2, -0.15) is 0 Å². The number of carboxylic acids is 1. The minimum atomic E-state index is -0.972. The van der Waals surface area contributed by atoms with Gasteiger partial charge >= 0.3 is 12.0 Å². The lowest BCUT2D eigenvalue weighted by Gasteiger charge is -2.38. The number of likely N-dealkylation sites (tertiary alicyclic amines) is 1. The quantitative estimate of drug-likeness (QED) is 0.802. The molecule has 5 nitrogen and oxygen atoms in total. The van der Waals surface area contributed by atoms with Gasteiger partial charge in [0.1, 0.15) is 6.54 Å². The Bertz CT molecular complexity index is 309. The highest BCUT2D eigenvalue weighted by Gasteiger charge is 2.35. The van der Waals surface area contributed by atoms with Gasteiger partial charge in [0, 0.05) is 18.1 Å². The highest BCUT2D eigenvalue weighted by atomic mass is 16.4. The zero-order chi connectivity index (χ0) is 13.2. The fraction of sp³-hybridized carbons (Fsp3) is 0.833. The molecule has 1 N–H and O–H groups in total. The first kappa shape index (κ1) is 13.8. The van der Waals surface area contributed by atoms with E-state index in [9.17, 15) is 9.59 Å². The van der Waals surface area contributed by atoms with Crippen molar-refractivity contribution in [1.29, 1.82) is 0 Å². The largest absolute Gasteiger partial charge is 0.480 e. The van der Waals surface area contributed by atoms with E-state index in [0.717, 1.165) is 19.4 Å². The van der Waals surface area contributed by atoms with E-state index in [0.29, 0.717) is 0 Å². The van der Waals surface area contributed by atoms with Crippen LogP contribution < -0.4 is 0 Å². The second-order valence-electron chi connectivity index (χ2n) is 5.62. The molecule has 1 rings (SSSR count). The summed E-state index contributed by atoms with van der Waals surface area (Å²) in [6.07, 6.45) is 1.99. The molecule has 0 aromatic heterocycles.